The van der Waals surface area contributed by atoms with Crippen molar-refractivity contribution in [3.05, 3.63) is 59.7 Å². The SMILES string of the molecule is CC1CCN(CCC(C)c2ccc(Oc3ccc(F)cc3F)cc2)CC1. The number of likely N-dealkylation sites (tertiary alicyclic amines) is 1. The Morgan fingerprint density at radius 3 is 2.42 bits per heavy atom. The predicted molar refractivity (Wildman–Crippen MR) is 101 cm³/mol. The molecule has 0 amide bonds. The Labute approximate surface area is 154 Å². The summed E-state index contributed by atoms with van der Waals surface area (Å²) in [4.78, 5) is 2.56. The fourth-order valence-electron chi connectivity index (χ4n) is 3.38. The third-order valence-corrected chi connectivity index (χ3v) is 5.33. The van der Waals surface area contributed by atoms with Crippen molar-refractivity contribution < 1.29 is 13.5 Å². The summed E-state index contributed by atoms with van der Waals surface area (Å²) in [6, 6.07) is 11.1. The molecule has 1 aliphatic rings. The summed E-state index contributed by atoms with van der Waals surface area (Å²) in [6.07, 6.45) is 3.74. The molecule has 0 radical (unpaired) electrons. The Hall–Kier alpha value is -1.94. The molecular weight excluding hydrogens is 332 g/mol. The second-order valence-corrected chi connectivity index (χ2v) is 7.46. The molecule has 2 aromatic rings. The second-order valence-electron chi connectivity index (χ2n) is 7.46. The lowest BCUT2D eigenvalue weighted by atomic mass is 9.95. The lowest BCUT2D eigenvalue weighted by Gasteiger charge is -2.31. The number of halogens is 2. The van der Waals surface area contributed by atoms with E-state index >= 15 is 0 Å². The fraction of sp³-hybridized carbons (Fsp3) is 0.455. The van der Waals surface area contributed by atoms with Crippen molar-refractivity contribution in [1.82, 2.24) is 4.90 Å². The van der Waals surface area contributed by atoms with E-state index in [4.69, 9.17) is 4.74 Å². The van der Waals surface area contributed by atoms with E-state index in [9.17, 15) is 8.78 Å². The molecule has 1 unspecified atom stereocenters. The molecule has 4 heteroatoms. The normalized spacial score (nSPS) is 17.2. The van der Waals surface area contributed by atoms with Gasteiger partial charge >= 0.3 is 0 Å². The first kappa shape index (κ1) is 18.8. The smallest absolute Gasteiger partial charge is 0.168 e. The molecule has 0 aliphatic carbocycles. The number of ether oxygens (including phenoxy) is 1. The van der Waals surface area contributed by atoms with Gasteiger partial charge in [0.1, 0.15) is 11.6 Å². The van der Waals surface area contributed by atoms with Gasteiger partial charge in [-0.05, 0) is 80.6 Å². The molecule has 1 saturated heterocycles. The summed E-state index contributed by atoms with van der Waals surface area (Å²) in [6.45, 7) is 8.13. The maximum absolute atomic E-state index is 13.7. The first-order valence-electron chi connectivity index (χ1n) is 9.46. The van der Waals surface area contributed by atoms with Crippen LogP contribution in [0.25, 0.3) is 0 Å². The van der Waals surface area contributed by atoms with E-state index in [0.717, 1.165) is 24.9 Å². The molecule has 1 heterocycles. The summed E-state index contributed by atoms with van der Waals surface area (Å²) in [5, 5.41) is 0. The maximum atomic E-state index is 13.7. The average Bonchev–Trinajstić information content (AvgIpc) is 2.64. The third-order valence-electron chi connectivity index (χ3n) is 5.33. The molecule has 0 N–H and O–H groups in total. The summed E-state index contributed by atoms with van der Waals surface area (Å²) in [5.41, 5.74) is 1.25. The number of nitrogens with zero attached hydrogens (tertiary/aromatic N) is 1. The zero-order valence-electron chi connectivity index (χ0n) is 15.6. The lowest BCUT2D eigenvalue weighted by molar-refractivity contribution is 0.187. The zero-order chi connectivity index (χ0) is 18.5. The van der Waals surface area contributed by atoms with Gasteiger partial charge in [0.2, 0.25) is 0 Å². The number of benzene rings is 2. The quantitative estimate of drug-likeness (QED) is 0.629. The largest absolute Gasteiger partial charge is 0.454 e. The molecule has 1 fully saturated rings. The molecule has 2 aromatic carbocycles. The van der Waals surface area contributed by atoms with Crippen molar-refractivity contribution in [3.8, 4) is 11.5 Å². The molecule has 1 aliphatic heterocycles. The molecular formula is C22H27F2NO. The third kappa shape index (κ3) is 5.04. The number of piperidine rings is 1. The fourth-order valence-corrected chi connectivity index (χ4v) is 3.38. The Balaban J connectivity index is 1.53. The standard InChI is InChI=1S/C22H27F2NO/c1-16-9-12-25(13-10-16)14-11-17(2)18-3-6-20(7-4-18)26-22-8-5-19(23)15-21(22)24/h3-8,15-17H,9-14H2,1-2H3. The molecule has 140 valence electrons. The zero-order valence-corrected chi connectivity index (χ0v) is 15.6. The summed E-state index contributed by atoms with van der Waals surface area (Å²) in [5.74, 6) is 0.608. The van der Waals surface area contributed by atoms with Gasteiger partial charge in [-0.25, -0.2) is 8.78 Å². The minimum absolute atomic E-state index is 0.0338. The van der Waals surface area contributed by atoms with Gasteiger partial charge in [-0.1, -0.05) is 26.0 Å². The highest BCUT2D eigenvalue weighted by molar-refractivity contribution is 5.34. The van der Waals surface area contributed by atoms with Crippen LogP contribution in [0.1, 0.15) is 44.6 Å². The Morgan fingerprint density at radius 2 is 1.77 bits per heavy atom. The Morgan fingerprint density at radius 1 is 1.08 bits per heavy atom. The van der Waals surface area contributed by atoms with Crippen LogP contribution in [0.5, 0.6) is 11.5 Å². The molecule has 0 spiro atoms. The molecule has 26 heavy (non-hydrogen) atoms. The summed E-state index contributed by atoms with van der Waals surface area (Å²) in [7, 11) is 0. The van der Waals surface area contributed by atoms with E-state index in [2.05, 4.69) is 18.7 Å². The molecule has 1 atom stereocenters. The van der Waals surface area contributed by atoms with E-state index in [1.165, 1.54) is 43.6 Å². The molecule has 2 nitrogen and oxygen atoms in total. The van der Waals surface area contributed by atoms with Gasteiger partial charge in [0, 0.05) is 6.07 Å². The minimum Gasteiger partial charge on any atom is -0.454 e. The van der Waals surface area contributed by atoms with E-state index in [1.807, 2.05) is 24.3 Å². The van der Waals surface area contributed by atoms with Crippen LogP contribution in [0.2, 0.25) is 0 Å². The maximum Gasteiger partial charge on any atom is 0.168 e. The monoisotopic (exact) mass is 359 g/mol. The van der Waals surface area contributed by atoms with E-state index in [0.29, 0.717) is 11.7 Å². The van der Waals surface area contributed by atoms with Gasteiger partial charge in [-0.15, -0.1) is 0 Å². The van der Waals surface area contributed by atoms with Crippen LogP contribution in [0, 0.1) is 17.6 Å². The van der Waals surface area contributed by atoms with Crippen molar-refractivity contribution in [2.75, 3.05) is 19.6 Å². The number of hydrogen-bond donors (Lipinski definition) is 0. The van der Waals surface area contributed by atoms with Crippen LogP contribution in [-0.4, -0.2) is 24.5 Å². The van der Waals surface area contributed by atoms with Crippen LogP contribution in [0.3, 0.4) is 0 Å². The van der Waals surface area contributed by atoms with Crippen molar-refractivity contribution in [3.63, 3.8) is 0 Å². The molecule has 0 bridgehead atoms. The van der Waals surface area contributed by atoms with Crippen LogP contribution in [0.15, 0.2) is 42.5 Å². The Kier molecular flexibility index (Phi) is 6.25. The van der Waals surface area contributed by atoms with Crippen molar-refractivity contribution in [2.45, 2.75) is 39.0 Å². The molecule has 0 saturated carbocycles. The number of rotatable bonds is 6. The van der Waals surface area contributed by atoms with Crippen molar-refractivity contribution in [2.24, 2.45) is 5.92 Å². The highest BCUT2D eigenvalue weighted by Gasteiger charge is 2.16. The first-order valence-corrected chi connectivity index (χ1v) is 9.46. The topological polar surface area (TPSA) is 12.5 Å². The van der Waals surface area contributed by atoms with E-state index < -0.39 is 11.6 Å². The van der Waals surface area contributed by atoms with Gasteiger partial charge in [-0.3, -0.25) is 0 Å². The lowest BCUT2D eigenvalue weighted by Crippen LogP contribution is -2.34. The van der Waals surface area contributed by atoms with Crippen LogP contribution >= 0.6 is 0 Å². The van der Waals surface area contributed by atoms with Gasteiger partial charge in [0.25, 0.3) is 0 Å². The van der Waals surface area contributed by atoms with Gasteiger partial charge in [-0.2, -0.15) is 0 Å². The van der Waals surface area contributed by atoms with Gasteiger partial charge in [0.15, 0.2) is 11.6 Å². The average molecular weight is 359 g/mol. The van der Waals surface area contributed by atoms with Crippen molar-refractivity contribution >= 4 is 0 Å². The predicted octanol–water partition coefficient (Wildman–Crippen LogP) is 5.98. The molecule has 3 rings (SSSR count). The van der Waals surface area contributed by atoms with E-state index in [-0.39, 0.29) is 5.75 Å². The highest BCUT2D eigenvalue weighted by atomic mass is 19.1. The van der Waals surface area contributed by atoms with Crippen molar-refractivity contribution in [1.29, 1.82) is 0 Å². The highest BCUT2D eigenvalue weighted by Crippen LogP contribution is 2.28. The van der Waals surface area contributed by atoms with E-state index in [1.54, 1.807) is 0 Å². The molecule has 0 aromatic heterocycles. The summed E-state index contributed by atoms with van der Waals surface area (Å²) < 4.78 is 32.1. The van der Waals surface area contributed by atoms with Crippen LogP contribution < -0.4 is 4.74 Å². The second kappa shape index (κ2) is 8.63. The number of hydrogen-bond acceptors (Lipinski definition) is 2. The Bertz CT molecular complexity index is 709. The summed E-state index contributed by atoms with van der Waals surface area (Å²) >= 11 is 0. The van der Waals surface area contributed by atoms with Crippen LogP contribution in [0.4, 0.5) is 8.78 Å². The minimum atomic E-state index is -0.696. The van der Waals surface area contributed by atoms with Crippen LogP contribution in [-0.2, 0) is 0 Å². The van der Waals surface area contributed by atoms with Gasteiger partial charge < -0.3 is 9.64 Å². The van der Waals surface area contributed by atoms with Gasteiger partial charge in [0.05, 0.1) is 0 Å². The first-order chi connectivity index (χ1) is 12.5.